The predicted octanol–water partition coefficient (Wildman–Crippen LogP) is 4.47. The van der Waals surface area contributed by atoms with Crippen LogP contribution in [0.1, 0.15) is 44.0 Å². The minimum absolute atomic E-state index is 0.0663. The first-order valence-corrected chi connectivity index (χ1v) is 6.77. The molecular weight excluding hydrogens is 280 g/mol. The summed E-state index contributed by atoms with van der Waals surface area (Å²) >= 11 is 3.43. The van der Waals surface area contributed by atoms with E-state index in [1.807, 2.05) is 12.1 Å². The van der Waals surface area contributed by atoms with E-state index in [2.05, 4.69) is 29.8 Å². The first-order valence-electron chi connectivity index (χ1n) is 5.97. The smallest absolute Gasteiger partial charge is 0.159 e. The Morgan fingerprint density at radius 1 is 1.47 bits per heavy atom. The molecule has 0 saturated heterocycles. The van der Waals surface area contributed by atoms with E-state index in [0.717, 1.165) is 10.2 Å². The Bertz CT molecular complexity index is 388. The van der Waals surface area contributed by atoms with Gasteiger partial charge >= 0.3 is 0 Å². The highest BCUT2D eigenvalue weighted by atomic mass is 79.9. The largest absolute Gasteiger partial charge is 0.492 e. The van der Waals surface area contributed by atoms with Gasteiger partial charge in [-0.1, -0.05) is 20.3 Å². The van der Waals surface area contributed by atoms with Gasteiger partial charge in [0.15, 0.2) is 5.78 Å². The number of ether oxygens (including phenoxy) is 1. The maximum absolute atomic E-state index is 11.2. The number of benzene rings is 1. The quantitative estimate of drug-likeness (QED) is 0.725. The van der Waals surface area contributed by atoms with Crippen molar-refractivity contribution >= 4 is 21.7 Å². The van der Waals surface area contributed by atoms with Crippen molar-refractivity contribution in [3.8, 4) is 5.75 Å². The highest BCUT2D eigenvalue weighted by Crippen LogP contribution is 2.26. The van der Waals surface area contributed by atoms with Gasteiger partial charge in [0, 0.05) is 5.56 Å². The molecule has 1 aromatic carbocycles. The molecule has 0 saturated carbocycles. The minimum Gasteiger partial charge on any atom is -0.492 e. The topological polar surface area (TPSA) is 26.3 Å². The first-order chi connectivity index (χ1) is 8.04. The zero-order valence-electron chi connectivity index (χ0n) is 10.6. The fraction of sp³-hybridized carbons (Fsp3) is 0.500. The van der Waals surface area contributed by atoms with E-state index in [1.54, 1.807) is 13.0 Å². The molecular formula is C14H19BrO2. The highest BCUT2D eigenvalue weighted by Gasteiger charge is 2.07. The second kappa shape index (κ2) is 6.80. The molecule has 1 atom stereocenters. The van der Waals surface area contributed by atoms with Crippen molar-refractivity contribution in [2.24, 2.45) is 5.92 Å². The van der Waals surface area contributed by atoms with Crippen LogP contribution in [0.15, 0.2) is 22.7 Å². The lowest BCUT2D eigenvalue weighted by atomic mass is 10.1. The molecule has 94 valence electrons. The molecule has 0 aliphatic rings. The number of Topliss-reactive ketones (excluding diaryl/α,β-unsaturated/α-hetero) is 1. The third-order valence-corrected chi connectivity index (χ3v) is 3.26. The number of carbonyl (C=O) groups is 1. The minimum atomic E-state index is 0.0663. The van der Waals surface area contributed by atoms with Crippen LogP contribution in [0, 0.1) is 5.92 Å². The normalized spacial score (nSPS) is 12.2. The van der Waals surface area contributed by atoms with Crippen LogP contribution in [-0.4, -0.2) is 12.4 Å². The Morgan fingerprint density at radius 2 is 2.18 bits per heavy atom. The molecule has 0 aromatic heterocycles. The van der Waals surface area contributed by atoms with E-state index in [1.165, 1.54) is 12.8 Å². The molecule has 0 amide bonds. The van der Waals surface area contributed by atoms with E-state index < -0.39 is 0 Å². The average molecular weight is 299 g/mol. The Morgan fingerprint density at radius 3 is 2.71 bits per heavy atom. The molecule has 1 unspecified atom stereocenters. The summed E-state index contributed by atoms with van der Waals surface area (Å²) in [7, 11) is 0. The van der Waals surface area contributed by atoms with E-state index in [-0.39, 0.29) is 5.78 Å². The van der Waals surface area contributed by atoms with Gasteiger partial charge in [-0.15, -0.1) is 0 Å². The number of rotatable bonds is 6. The molecule has 0 heterocycles. The molecule has 1 rings (SSSR count). The maximum Gasteiger partial charge on any atom is 0.159 e. The van der Waals surface area contributed by atoms with Crippen LogP contribution in [0.2, 0.25) is 0 Å². The van der Waals surface area contributed by atoms with Gasteiger partial charge in [-0.2, -0.15) is 0 Å². The first kappa shape index (κ1) is 14.2. The van der Waals surface area contributed by atoms with Crippen LogP contribution in [0.3, 0.4) is 0 Å². The average Bonchev–Trinajstić information content (AvgIpc) is 2.27. The van der Waals surface area contributed by atoms with Gasteiger partial charge < -0.3 is 4.74 Å². The number of carbonyl (C=O) groups excluding carboxylic acids is 1. The third-order valence-electron chi connectivity index (χ3n) is 2.64. The summed E-state index contributed by atoms with van der Waals surface area (Å²) in [6, 6.07) is 5.45. The Labute approximate surface area is 111 Å². The van der Waals surface area contributed by atoms with Crippen LogP contribution in [0.25, 0.3) is 0 Å². The molecule has 1 aromatic rings. The molecule has 0 radical (unpaired) electrons. The Kier molecular flexibility index (Phi) is 5.69. The second-order valence-electron chi connectivity index (χ2n) is 4.41. The summed E-state index contributed by atoms with van der Waals surface area (Å²) in [4.78, 5) is 11.2. The van der Waals surface area contributed by atoms with Crippen molar-refractivity contribution in [2.45, 2.75) is 33.6 Å². The summed E-state index contributed by atoms with van der Waals surface area (Å²) in [6.07, 6.45) is 2.35. The van der Waals surface area contributed by atoms with Crippen LogP contribution in [0.4, 0.5) is 0 Å². The van der Waals surface area contributed by atoms with Crippen LogP contribution in [-0.2, 0) is 0 Å². The van der Waals surface area contributed by atoms with Gasteiger partial charge in [-0.3, -0.25) is 4.79 Å². The summed E-state index contributed by atoms with van der Waals surface area (Å²) in [6.45, 7) is 6.63. The fourth-order valence-corrected chi connectivity index (χ4v) is 2.14. The fourth-order valence-electron chi connectivity index (χ4n) is 1.65. The zero-order valence-corrected chi connectivity index (χ0v) is 12.2. The summed E-state index contributed by atoms with van der Waals surface area (Å²) in [5, 5.41) is 0. The molecule has 0 fully saturated rings. The van der Waals surface area contributed by atoms with Crippen molar-refractivity contribution in [1.29, 1.82) is 0 Å². The van der Waals surface area contributed by atoms with Gasteiger partial charge in [0.1, 0.15) is 5.75 Å². The highest BCUT2D eigenvalue weighted by molar-refractivity contribution is 9.10. The monoisotopic (exact) mass is 298 g/mol. The van der Waals surface area contributed by atoms with Gasteiger partial charge in [-0.05, 0) is 53.4 Å². The molecule has 2 nitrogen and oxygen atoms in total. The SMILES string of the molecule is CCCC(C)COc1ccc(C(C)=O)cc1Br. The lowest BCUT2D eigenvalue weighted by molar-refractivity contribution is 0.101. The van der Waals surface area contributed by atoms with Crippen LogP contribution < -0.4 is 4.74 Å². The van der Waals surface area contributed by atoms with E-state index >= 15 is 0 Å². The third kappa shape index (κ3) is 4.50. The summed E-state index contributed by atoms with van der Waals surface area (Å²) in [5.74, 6) is 1.42. The van der Waals surface area contributed by atoms with Crippen LogP contribution in [0.5, 0.6) is 5.75 Å². The van der Waals surface area contributed by atoms with E-state index in [4.69, 9.17) is 4.74 Å². The molecule has 0 bridgehead atoms. The molecule has 0 aliphatic carbocycles. The number of hydrogen-bond acceptors (Lipinski definition) is 2. The van der Waals surface area contributed by atoms with Crippen molar-refractivity contribution in [3.63, 3.8) is 0 Å². The number of halogens is 1. The maximum atomic E-state index is 11.2. The molecule has 0 aliphatic heterocycles. The number of hydrogen-bond donors (Lipinski definition) is 0. The molecule has 0 N–H and O–H groups in total. The lowest BCUT2D eigenvalue weighted by Crippen LogP contribution is -2.08. The van der Waals surface area contributed by atoms with Gasteiger partial charge in [0.2, 0.25) is 0 Å². The van der Waals surface area contributed by atoms with E-state index in [9.17, 15) is 4.79 Å². The zero-order chi connectivity index (χ0) is 12.8. The van der Waals surface area contributed by atoms with Crippen molar-refractivity contribution in [3.05, 3.63) is 28.2 Å². The van der Waals surface area contributed by atoms with Crippen molar-refractivity contribution in [2.75, 3.05) is 6.61 Å². The molecule has 3 heteroatoms. The molecule has 17 heavy (non-hydrogen) atoms. The lowest BCUT2D eigenvalue weighted by Gasteiger charge is -2.13. The Hall–Kier alpha value is -0.830. The van der Waals surface area contributed by atoms with E-state index in [0.29, 0.717) is 18.1 Å². The van der Waals surface area contributed by atoms with Crippen molar-refractivity contribution in [1.82, 2.24) is 0 Å². The summed E-state index contributed by atoms with van der Waals surface area (Å²) < 4.78 is 6.57. The second-order valence-corrected chi connectivity index (χ2v) is 5.26. The van der Waals surface area contributed by atoms with Crippen LogP contribution >= 0.6 is 15.9 Å². The van der Waals surface area contributed by atoms with Gasteiger partial charge in [0.25, 0.3) is 0 Å². The van der Waals surface area contributed by atoms with Gasteiger partial charge in [-0.25, -0.2) is 0 Å². The predicted molar refractivity (Wildman–Crippen MR) is 73.7 cm³/mol. The number of ketones is 1. The van der Waals surface area contributed by atoms with Crippen molar-refractivity contribution < 1.29 is 9.53 Å². The Balaban J connectivity index is 2.63. The molecule has 0 spiro atoms. The van der Waals surface area contributed by atoms with Gasteiger partial charge in [0.05, 0.1) is 11.1 Å². The summed E-state index contributed by atoms with van der Waals surface area (Å²) in [5.41, 5.74) is 0.700. The standard InChI is InChI=1S/C14H19BrO2/c1-4-5-10(2)9-17-14-7-6-12(11(3)16)8-13(14)15/h6-8,10H,4-5,9H2,1-3H3.